The number of nitrogens with one attached hydrogen (secondary N) is 1. The van der Waals surface area contributed by atoms with E-state index < -0.39 is 18.5 Å². The van der Waals surface area contributed by atoms with Crippen LogP contribution in [0.1, 0.15) is 27.6 Å². The maximum absolute atomic E-state index is 11.9. The van der Waals surface area contributed by atoms with Gasteiger partial charge in [-0.25, -0.2) is 4.79 Å². The SMILES string of the molecule is CC(=O)c1ccc(OCC(=O)OCC(=O)Nc2ccc(C(=O)N(C)C)cc2)cc1. The third-order valence-electron chi connectivity index (χ3n) is 3.80. The predicted octanol–water partition coefficient (Wildman–Crippen LogP) is 2.15. The lowest BCUT2D eigenvalue weighted by molar-refractivity contribution is -0.149. The lowest BCUT2D eigenvalue weighted by atomic mass is 10.1. The maximum atomic E-state index is 11.9. The Bertz CT molecular complexity index is 888. The second-order valence-electron chi connectivity index (χ2n) is 6.36. The van der Waals surface area contributed by atoms with E-state index in [1.165, 1.54) is 11.8 Å². The van der Waals surface area contributed by atoms with Crippen molar-refractivity contribution < 1.29 is 28.7 Å². The van der Waals surface area contributed by atoms with Gasteiger partial charge in [0.15, 0.2) is 19.0 Å². The van der Waals surface area contributed by atoms with Crippen LogP contribution in [0.25, 0.3) is 0 Å². The Morgan fingerprint density at radius 3 is 2.00 bits per heavy atom. The van der Waals surface area contributed by atoms with E-state index in [1.807, 2.05) is 0 Å². The fourth-order valence-electron chi connectivity index (χ4n) is 2.27. The molecule has 0 atom stereocenters. The summed E-state index contributed by atoms with van der Waals surface area (Å²) in [6.07, 6.45) is 0. The van der Waals surface area contributed by atoms with Gasteiger partial charge in [-0.1, -0.05) is 0 Å². The highest BCUT2D eigenvalue weighted by atomic mass is 16.6. The van der Waals surface area contributed by atoms with Crippen molar-refractivity contribution in [1.82, 2.24) is 4.90 Å². The monoisotopic (exact) mass is 398 g/mol. The number of ketones is 1. The van der Waals surface area contributed by atoms with Crippen LogP contribution in [-0.4, -0.2) is 55.8 Å². The molecule has 0 saturated heterocycles. The summed E-state index contributed by atoms with van der Waals surface area (Å²) < 4.78 is 10.1. The fourth-order valence-corrected chi connectivity index (χ4v) is 2.27. The number of rotatable bonds is 8. The zero-order valence-corrected chi connectivity index (χ0v) is 16.4. The number of benzene rings is 2. The number of Topliss-reactive ketones (excluding diaryl/α,β-unsaturated/α-hetero) is 1. The number of carbonyl (C=O) groups excluding carboxylic acids is 4. The molecule has 0 aliphatic rings. The minimum Gasteiger partial charge on any atom is -0.482 e. The van der Waals surface area contributed by atoms with Crippen LogP contribution < -0.4 is 10.1 Å². The van der Waals surface area contributed by atoms with Crippen molar-refractivity contribution >= 4 is 29.3 Å². The Labute approximate surface area is 168 Å². The van der Waals surface area contributed by atoms with Gasteiger partial charge in [0.25, 0.3) is 11.8 Å². The topological polar surface area (TPSA) is 102 Å². The molecule has 0 spiro atoms. The minimum atomic E-state index is -0.706. The number of nitrogens with zero attached hydrogens (tertiary/aromatic N) is 1. The first-order valence-electron chi connectivity index (χ1n) is 8.77. The molecule has 2 aromatic carbocycles. The van der Waals surface area contributed by atoms with Crippen molar-refractivity contribution in [3.63, 3.8) is 0 Å². The Morgan fingerprint density at radius 2 is 1.45 bits per heavy atom. The van der Waals surface area contributed by atoms with E-state index >= 15 is 0 Å². The molecule has 0 radical (unpaired) electrons. The Kier molecular flexibility index (Phi) is 7.47. The first-order chi connectivity index (χ1) is 13.8. The van der Waals surface area contributed by atoms with Crippen LogP contribution in [0.15, 0.2) is 48.5 Å². The number of hydrogen-bond donors (Lipinski definition) is 1. The Balaban J connectivity index is 1.74. The van der Waals surface area contributed by atoms with Gasteiger partial charge in [-0.15, -0.1) is 0 Å². The second kappa shape index (κ2) is 10.0. The van der Waals surface area contributed by atoms with Gasteiger partial charge in [0.2, 0.25) is 0 Å². The first-order valence-corrected chi connectivity index (χ1v) is 8.77. The molecule has 0 heterocycles. The normalized spacial score (nSPS) is 10.0. The van der Waals surface area contributed by atoms with Gasteiger partial charge in [-0.3, -0.25) is 14.4 Å². The minimum absolute atomic E-state index is 0.0686. The van der Waals surface area contributed by atoms with Gasteiger partial charge in [0.05, 0.1) is 0 Å². The molecule has 152 valence electrons. The zero-order valence-electron chi connectivity index (χ0n) is 16.4. The molecular weight excluding hydrogens is 376 g/mol. The molecule has 2 aromatic rings. The van der Waals surface area contributed by atoms with Crippen molar-refractivity contribution in [1.29, 1.82) is 0 Å². The molecule has 0 unspecified atom stereocenters. The van der Waals surface area contributed by atoms with Crippen molar-refractivity contribution in [3.8, 4) is 5.75 Å². The number of hydrogen-bond acceptors (Lipinski definition) is 6. The standard InChI is InChI=1S/C21H22N2O6/c1-14(24)15-6-10-18(11-7-15)28-13-20(26)29-12-19(25)22-17-8-4-16(5-9-17)21(27)23(2)3/h4-11H,12-13H2,1-3H3,(H,22,25). The molecular formula is C21H22N2O6. The summed E-state index contributed by atoms with van der Waals surface area (Å²) in [6.45, 7) is 0.619. The summed E-state index contributed by atoms with van der Waals surface area (Å²) >= 11 is 0. The molecule has 0 aromatic heterocycles. The molecule has 1 N–H and O–H groups in total. The van der Waals surface area contributed by atoms with Crippen LogP contribution in [0.2, 0.25) is 0 Å². The number of ether oxygens (including phenoxy) is 2. The third kappa shape index (κ3) is 6.76. The molecule has 0 aliphatic heterocycles. The van der Waals surface area contributed by atoms with Gasteiger partial charge in [-0.05, 0) is 55.5 Å². The highest BCUT2D eigenvalue weighted by molar-refractivity contribution is 5.96. The smallest absolute Gasteiger partial charge is 0.344 e. The average Bonchev–Trinajstić information content (AvgIpc) is 2.71. The van der Waals surface area contributed by atoms with E-state index in [9.17, 15) is 19.2 Å². The lowest BCUT2D eigenvalue weighted by Crippen LogP contribution is -2.24. The Morgan fingerprint density at radius 1 is 0.862 bits per heavy atom. The van der Waals surface area contributed by atoms with Crippen LogP contribution in [0.3, 0.4) is 0 Å². The summed E-state index contributed by atoms with van der Waals surface area (Å²) in [6, 6.07) is 12.7. The highest BCUT2D eigenvalue weighted by Gasteiger charge is 2.11. The molecule has 0 bridgehead atoms. The fraction of sp³-hybridized carbons (Fsp3) is 0.238. The molecule has 2 rings (SSSR count). The van der Waals surface area contributed by atoms with Gasteiger partial charge >= 0.3 is 5.97 Å². The molecule has 8 heteroatoms. The second-order valence-corrected chi connectivity index (χ2v) is 6.36. The van der Waals surface area contributed by atoms with E-state index in [-0.39, 0.29) is 18.3 Å². The molecule has 2 amide bonds. The van der Waals surface area contributed by atoms with Crippen molar-refractivity contribution in [2.75, 3.05) is 32.6 Å². The van der Waals surface area contributed by atoms with E-state index in [0.717, 1.165) is 0 Å². The predicted molar refractivity (Wildman–Crippen MR) is 106 cm³/mol. The molecule has 0 aliphatic carbocycles. The Hall–Kier alpha value is -3.68. The van der Waals surface area contributed by atoms with Gasteiger partial charge in [-0.2, -0.15) is 0 Å². The number of esters is 1. The van der Waals surface area contributed by atoms with E-state index in [1.54, 1.807) is 62.6 Å². The zero-order chi connectivity index (χ0) is 21.4. The van der Waals surface area contributed by atoms with Gasteiger partial charge in [0.1, 0.15) is 5.75 Å². The first kappa shape index (κ1) is 21.6. The maximum Gasteiger partial charge on any atom is 0.344 e. The van der Waals surface area contributed by atoms with E-state index in [2.05, 4.69) is 5.32 Å². The van der Waals surface area contributed by atoms with Gasteiger partial charge < -0.3 is 19.7 Å². The van der Waals surface area contributed by atoms with Crippen molar-refractivity contribution in [2.24, 2.45) is 0 Å². The van der Waals surface area contributed by atoms with Crippen LogP contribution in [0, 0.1) is 0 Å². The third-order valence-corrected chi connectivity index (χ3v) is 3.80. The van der Waals surface area contributed by atoms with Crippen molar-refractivity contribution in [2.45, 2.75) is 6.92 Å². The van der Waals surface area contributed by atoms with Crippen LogP contribution in [0.5, 0.6) is 5.75 Å². The average molecular weight is 398 g/mol. The van der Waals surface area contributed by atoms with E-state index in [4.69, 9.17) is 9.47 Å². The summed E-state index contributed by atoms with van der Waals surface area (Å²) in [5.41, 5.74) is 1.51. The number of anilines is 1. The largest absolute Gasteiger partial charge is 0.482 e. The van der Waals surface area contributed by atoms with E-state index in [0.29, 0.717) is 22.6 Å². The molecule has 0 fully saturated rings. The molecule has 29 heavy (non-hydrogen) atoms. The van der Waals surface area contributed by atoms with Crippen molar-refractivity contribution in [3.05, 3.63) is 59.7 Å². The number of amides is 2. The van der Waals surface area contributed by atoms with Gasteiger partial charge in [0, 0.05) is 30.9 Å². The lowest BCUT2D eigenvalue weighted by Gasteiger charge is -2.11. The summed E-state index contributed by atoms with van der Waals surface area (Å²) in [4.78, 5) is 48.1. The summed E-state index contributed by atoms with van der Waals surface area (Å²) in [5.74, 6) is -1.03. The van der Waals surface area contributed by atoms with Crippen LogP contribution in [0.4, 0.5) is 5.69 Å². The highest BCUT2D eigenvalue weighted by Crippen LogP contribution is 2.13. The van der Waals surface area contributed by atoms with Crippen LogP contribution in [-0.2, 0) is 14.3 Å². The molecule has 8 nitrogen and oxygen atoms in total. The molecule has 0 saturated carbocycles. The number of carbonyl (C=O) groups is 4. The summed E-state index contributed by atoms with van der Waals surface area (Å²) in [5, 5.41) is 2.57. The van der Waals surface area contributed by atoms with Crippen LogP contribution >= 0.6 is 0 Å². The quantitative estimate of drug-likeness (QED) is 0.540. The summed E-state index contributed by atoms with van der Waals surface area (Å²) in [7, 11) is 3.30.